The first-order valence-electron chi connectivity index (χ1n) is 5.32. The largest absolute Gasteiger partial charge is 0.422 e. The van der Waals surface area contributed by atoms with E-state index in [4.69, 9.17) is 27.5 Å². The molecule has 9 heteroatoms. The molecule has 1 heterocycles. The smallest absolute Gasteiger partial charge is 0.416 e. The number of halogens is 1. The molecule has 0 unspecified atom stereocenters. The fraction of sp³-hybridized carbons (Fsp3) is 1.00. The third-order valence-corrected chi connectivity index (χ3v) is 17.9. The van der Waals surface area contributed by atoms with E-state index in [1.54, 1.807) is 0 Å². The molecule has 0 bridgehead atoms. The summed E-state index contributed by atoms with van der Waals surface area (Å²) in [5, 5.41) is 0. The molecule has 0 atom stereocenters. The van der Waals surface area contributed by atoms with Gasteiger partial charge in [0.2, 0.25) is 0 Å². The Morgan fingerprint density at radius 1 is 0.562 bits per heavy atom. The zero-order valence-corrected chi connectivity index (χ0v) is 15.8. The van der Waals surface area contributed by atoms with Crippen LogP contribution in [0.25, 0.3) is 0 Å². The molecule has 1 fully saturated rings. The Labute approximate surface area is 107 Å². The highest BCUT2D eigenvalue weighted by Crippen LogP contribution is 2.31. The van der Waals surface area contributed by atoms with Gasteiger partial charge in [-0.05, 0) is 45.8 Å². The van der Waals surface area contributed by atoms with Crippen molar-refractivity contribution in [1.82, 2.24) is 0 Å². The molecule has 1 aliphatic heterocycles. The Hall–Kier alpha value is 0.998. The van der Waals surface area contributed by atoms with Crippen LogP contribution in [0, 0.1) is 0 Å². The standard InChI is InChI=1S/C7H21ClO4Si4/c1-13(2)9-14(3,4)11-16(7,8)12-15(5,6)10-13/h1-7H3. The van der Waals surface area contributed by atoms with Crippen LogP contribution in [0.4, 0.5) is 0 Å². The van der Waals surface area contributed by atoms with Gasteiger partial charge in [0.15, 0.2) is 0 Å². The molecule has 4 nitrogen and oxygen atoms in total. The third kappa shape index (κ3) is 4.70. The first kappa shape index (κ1) is 15.1. The summed E-state index contributed by atoms with van der Waals surface area (Å²) in [4.78, 5) is 0. The second kappa shape index (κ2) is 4.28. The maximum absolute atomic E-state index is 6.33. The van der Waals surface area contributed by atoms with Crippen LogP contribution in [0.1, 0.15) is 0 Å². The fourth-order valence-corrected chi connectivity index (χ4v) is 24.2. The molecule has 1 aliphatic rings. The van der Waals surface area contributed by atoms with Crippen molar-refractivity contribution in [3.63, 3.8) is 0 Å². The van der Waals surface area contributed by atoms with Gasteiger partial charge in [-0.1, -0.05) is 0 Å². The zero-order valence-electron chi connectivity index (χ0n) is 11.0. The van der Waals surface area contributed by atoms with Crippen LogP contribution in [-0.4, -0.2) is 33.6 Å². The lowest BCUT2D eigenvalue weighted by Gasteiger charge is -2.45. The Balaban J connectivity index is 2.98. The molecule has 0 radical (unpaired) electrons. The van der Waals surface area contributed by atoms with Crippen LogP contribution in [0.3, 0.4) is 0 Å². The van der Waals surface area contributed by atoms with E-state index in [1.807, 2.05) is 45.8 Å². The second-order valence-electron chi connectivity index (χ2n) is 5.44. The predicted octanol–water partition coefficient (Wildman–Crippen LogP) is 2.98. The SMILES string of the molecule is C[Si]1(C)O[Si](C)(C)O[Si](C)(Cl)O[Si](C)(C)O1. The first-order chi connectivity index (χ1) is 6.83. The lowest BCUT2D eigenvalue weighted by atomic mass is 11.9. The van der Waals surface area contributed by atoms with E-state index >= 15 is 0 Å². The summed E-state index contributed by atoms with van der Waals surface area (Å²) < 4.78 is 24.0. The Morgan fingerprint density at radius 3 is 1.12 bits per heavy atom. The number of rotatable bonds is 0. The van der Waals surface area contributed by atoms with Crippen molar-refractivity contribution >= 4 is 44.6 Å². The van der Waals surface area contributed by atoms with Crippen molar-refractivity contribution in [2.24, 2.45) is 0 Å². The summed E-state index contributed by atoms with van der Waals surface area (Å²) in [6.07, 6.45) is 0. The molecule has 1 rings (SSSR count). The van der Waals surface area contributed by atoms with E-state index in [-0.39, 0.29) is 0 Å². The summed E-state index contributed by atoms with van der Waals surface area (Å²) >= 11 is 6.33. The van der Waals surface area contributed by atoms with Crippen molar-refractivity contribution < 1.29 is 16.5 Å². The van der Waals surface area contributed by atoms with Gasteiger partial charge in [-0.25, -0.2) is 0 Å². The third-order valence-electron chi connectivity index (χ3n) is 1.84. The van der Waals surface area contributed by atoms with E-state index in [0.29, 0.717) is 0 Å². The number of hydrogen-bond acceptors (Lipinski definition) is 4. The van der Waals surface area contributed by atoms with Crippen molar-refractivity contribution in [1.29, 1.82) is 0 Å². The molecule has 0 aromatic carbocycles. The minimum atomic E-state index is -2.64. The van der Waals surface area contributed by atoms with Gasteiger partial charge in [0.25, 0.3) is 0 Å². The van der Waals surface area contributed by atoms with Gasteiger partial charge in [-0.2, -0.15) is 0 Å². The van der Waals surface area contributed by atoms with Gasteiger partial charge in [-0.15, -0.1) is 11.1 Å². The normalized spacial score (nSPS) is 31.5. The summed E-state index contributed by atoms with van der Waals surface area (Å²) in [5.41, 5.74) is 0. The molecule has 0 aromatic rings. The minimum absolute atomic E-state index is 1.84. The van der Waals surface area contributed by atoms with Crippen molar-refractivity contribution in [3.8, 4) is 0 Å². The van der Waals surface area contributed by atoms with E-state index in [0.717, 1.165) is 0 Å². The van der Waals surface area contributed by atoms with E-state index in [1.165, 1.54) is 0 Å². The Morgan fingerprint density at radius 2 is 0.812 bits per heavy atom. The molecule has 0 aliphatic carbocycles. The van der Waals surface area contributed by atoms with E-state index in [2.05, 4.69) is 0 Å². The summed E-state index contributed by atoms with van der Waals surface area (Å²) in [7, 11) is -9.29. The molecular formula is C7H21ClO4Si4. The quantitative estimate of drug-likeness (QED) is 0.508. The summed E-state index contributed by atoms with van der Waals surface area (Å²) in [6.45, 7) is 13.8. The maximum atomic E-state index is 6.33. The highest BCUT2D eigenvalue weighted by molar-refractivity contribution is 7.17. The number of hydrogen-bond donors (Lipinski definition) is 0. The Kier molecular flexibility index (Phi) is 4.03. The molecular weight excluding hydrogens is 296 g/mol. The van der Waals surface area contributed by atoms with Gasteiger partial charge in [-0.3, -0.25) is 0 Å². The van der Waals surface area contributed by atoms with Crippen LogP contribution in [-0.2, 0) is 16.5 Å². The average molecular weight is 317 g/mol. The lowest BCUT2D eigenvalue weighted by Crippen LogP contribution is -2.63. The molecule has 16 heavy (non-hydrogen) atoms. The highest BCUT2D eigenvalue weighted by atomic mass is 35.6. The van der Waals surface area contributed by atoms with Crippen LogP contribution in [0.5, 0.6) is 0 Å². The summed E-state index contributed by atoms with van der Waals surface area (Å²) in [6, 6.07) is 0. The topological polar surface area (TPSA) is 36.9 Å². The van der Waals surface area contributed by atoms with Crippen molar-refractivity contribution in [2.75, 3.05) is 0 Å². The van der Waals surface area contributed by atoms with Gasteiger partial charge in [0.05, 0.1) is 0 Å². The van der Waals surface area contributed by atoms with Gasteiger partial charge in [0.1, 0.15) is 0 Å². The van der Waals surface area contributed by atoms with Crippen LogP contribution in [0.15, 0.2) is 0 Å². The minimum Gasteiger partial charge on any atom is -0.416 e. The molecule has 0 saturated carbocycles. The zero-order chi connectivity index (χ0) is 12.8. The molecule has 0 amide bonds. The van der Waals surface area contributed by atoms with Crippen LogP contribution >= 0.6 is 11.1 Å². The predicted molar refractivity (Wildman–Crippen MR) is 74.3 cm³/mol. The summed E-state index contributed by atoms with van der Waals surface area (Å²) in [5.74, 6) is 0. The molecule has 96 valence electrons. The van der Waals surface area contributed by atoms with Gasteiger partial charge >= 0.3 is 33.6 Å². The van der Waals surface area contributed by atoms with Crippen molar-refractivity contribution in [2.45, 2.75) is 45.8 Å². The fourth-order valence-electron chi connectivity index (χ4n) is 2.15. The lowest BCUT2D eigenvalue weighted by molar-refractivity contribution is 0.246. The average Bonchev–Trinajstić information content (AvgIpc) is 1.67. The first-order valence-corrected chi connectivity index (χ1v) is 17.1. The van der Waals surface area contributed by atoms with Crippen molar-refractivity contribution in [3.05, 3.63) is 0 Å². The van der Waals surface area contributed by atoms with Gasteiger partial charge < -0.3 is 16.5 Å². The Bertz CT molecular complexity index is 210. The van der Waals surface area contributed by atoms with Crippen LogP contribution < -0.4 is 0 Å². The second-order valence-corrected chi connectivity index (χ2v) is 20.8. The van der Waals surface area contributed by atoms with E-state index in [9.17, 15) is 0 Å². The van der Waals surface area contributed by atoms with Gasteiger partial charge in [0, 0.05) is 0 Å². The van der Waals surface area contributed by atoms with E-state index < -0.39 is 33.6 Å². The molecule has 0 aromatic heterocycles. The highest BCUT2D eigenvalue weighted by Gasteiger charge is 2.52. The van der Waals surface area contributed by atoms with Crippen LogP contribution in [0.2, 0.25) is 45.8 Å². The maximum Gasteiger partial charge on any atom is 0.422 e. The molecule has 1 saturated heterocycles. The molecule has 0 N–H and O–H groups in total. The monoisotopic (exact) mass is 316 g/mol. The molecule has 0 spiro atoms.